The van der Waals surface area contributed by atoms with Gasteiger partial charge in [0.05, 0.1) is 5.41 Å². The lowest BCUT2D eigenvalue weighted by molar-refractivity contribution is -0.143. The molecule has 0 spiro atoms. The van der Waals surface area contributed by atoms with Crippen LogP contribution in [0.5, 0.6) is 0 Å². The van der Waals surface area contributed by atoms with E-state index in [1.165, 1.54) is 6.07 Å². The van der Waals surface area contributed by atoms with E-state index in [0.717, 1.165) is 50.8 Å². The van der Waals surface area contributed by atoms with E-state index in [2.05, 4.69) is 0 Å². The molecular weight excluding hydrogens is 291 g/mol. The monoisotopic (exact) mass is 320 g/mol. The largest absolute Gasteiger partial charge is 0.342 e. The zero-order valence-electron chi connectivity index (χ0n) is 14.4. The van der Waals surface area contributed by atoms with Gasteiger partial charge >= 0.3 is 0 Å². The second-order valence-electron chi connectivity index (χ2n) is 6.76. The van der Waals surface area contributed by atoms with Crippen LogP contribution in [-0.4, -0.2) is 30.4 Å². The number of likely N-dealkylation sites (tertiary alicyclic amines) is 1. The molecule has 23 heavy (non-hydrogen) atoms. The summed E-state index contributed by atoms with van der Waals surface area (Å²) in [6, 6.07) is 6.84. The first-order valence-electron chi connectivity index (χ1n) is 8.78. The Morgan fingerprint density at radius 3 is 2.48 bits per heavy atom. The molecule has 1 aliphatic rings. The van der Waals surface area contributed by atoms with Crippen LogP contribution in [0.3, 0.4) is 0 Å². The standard InChI is InChI=1S/C19H29FN2O/c1-3-19(4-2,14-21)18(23)22-10-8-15(9-11-22)12-16-6-5-7-17(20)13-16/h5-7,13,15H,3-4,8-12,14,21H2,1-2H3. The fourth-order valence-electron chi connectivity index (χ4n) is 3.60. The molecule has 0 aromatic heterocycles. The molecule has 0 aliphatic carbocycles. The van der Waals surface area contributed by atoms with Crippen LogP contribution in [0.1, 0.15) is 45.1 Å². The number of halogens is 1. The smallest absolute Gasteiger partial charge is 0.230 e. The number of hydrogen-bond donors (Lipinski definition) is 1. The van der Waals surface area contributed by atoms with Gasteiger partial charge in [0.15, 0.2) is 0 Å². The van der Waals surface area contributed by atoms with Gasteiger partial charge in [-0.15, -0.1) is 0 Å². The summed E-state index contributed by atoms with van der Waals surface area (Å²) >= 11 is 0. The third-order valence-electron chi connectivity index (χ3n) is 5.51. The Kier molecular flexibility index (Phi) is 6.17. The number of hydrogen-bond acceptors (Lipinski definition) is 2. The van der Waals surface area contributed by atoms with Gasteiger partial charge in [-0.25, -0.2) is 4.39 Å². The van der Waals surface area contributed by atoms with Crippen LogP contribution in [-0.2, 0) is 11.2 Å². The Bertz CT molecular complexity index is 512. The normalized spacial score (nSPS) is 16.6. The number of rotatable bonds is 6. The summed E-state index contributed by atoms with van der Waals surface area (Å²) in [4.78, 5) is 14.8. The summed E-state index contributed by atoms with van der Waals surface area (Å²) in [6.07, 6.45) is 4.44. The van der Waals surface area contributed by atoms with E-state index in [9.17, 15) is 9.18 Å². The van der Waals surface area contributed by atoms with Crippen molar-refractivity contribution in [1.82, 2.24) is 4.90 Å². The average molecular weight is 320 g/mol. The van der Waals surface area contributed by atoms with Crippen LogP contribution in [0, 0.1) is 17.2 Å². The zero-order valence-corrected chi connectivity index (χ0v) is 14.4. The third-order valence-corrected chi connectivity index (χ3v) is 5.51. The fourth-order valence-corrected chi connectivity index (χ4v) is 3.60. The van der Waals surface area contributed by atoms with Crippen LogP contribution >= 0.6 is 0 Å². The molecule has 1 fully saturated rings. The first kappa shape index (κ1) is 17.9. The topological polar surface area (TPSA) is 46.3 Å². The van der Waals surface area contributed by atoms with E-state index in [1.807, 2.05) is 24.8 Å². The van der Waals surface area contributed by atoms with Crippen LogP contribution in [0.15, 0.2) is 24.3 Å². The first-order chi connectivity index (χ1) is 11.0. The molecule has 1 aliphatic heterocycles. The number of amides is 1. The lowest BCUT2D eigenvalue weighted by atomic mass is 9.80. The highest BCUT2D eigenvalue weighted by Crippen LogP contribution is 2.30. The van der Waals surface area contributed by atoms with Crippen LogP contribution < -0.4 is 5.73 Å². The van der Waals surface area contributed by atoms with Crippen molar-refractivity contribution in [3.05, 3.63) is 35.6 Å². The summed E-state index contributed by atoms with van der Waals surface area (Å²) < 4.78 is 13.3. The van der Waals surface area contributed by atoms with E-state index in [1.54, 1.807) is 12.1 Å². The minimum absolute atomic E-state index is 0.172. The van der Waals surface area contributed by atoms with Crippen molar-refractivity contribution >= 4 is 5.91 Å². The molecule has 1 amide bonds. The van der Waals surface area contributed by atoms with Crippen LogP contribution in [0.2, 0.25) is 0 Å². The van der Waals surface area contributed by atoms with E-state index in [0.29, 0.717) is 12.5 Å². The summed E-state index contributed by atoms with van der Waals surface area (Å²) in [5.41, 5.74) is 6.55. The van der Waals surface area contributed by atoms with Gasteiger partial charge in [0.1, 0.15) is 5.82 Å². The SMILES string of the molecule is CCC(CC)(CN)C(=O)N1CCC(Cc2cccc(F)c2)CC1. The molecule has 1 aromatic carbocycles. The van der Waals surface area contributed by atoms with E-state index >= 15 is 0 Å². The second-order valence-corrected chi connectivity index (χ2v) is 6.76. The van der Waals surface area contributed by atoms with Crippen molar-refractivity contribution in [2.24, 2.45) is 17.1 Å². The lowest BCUT2D eigenvalue weighted by Crippen LogP contribution is -2.50. The minimum atomic E-state index is -0.393. The molecule has 4 heteroatoms. The number of carbonyl (C=O) groups excluding carboxylic acids is 1. The van der Waals surface area contributed by atoms with Gasteiger partial charge in [-0.1, -0.05) is 26.0 Å². The number of nitrogens with two attached hydrogens (primary N) is 1. The first-order valence-corrected chi connectivity index (χ1v) is 8.78. The predicted octanol–water partition coefficient (Wildman–Crippen LogP) is 3.37. The zero-order chi connectivity index (χ0) is 16.9. The van der Waals surface area contributed by atoms with Gasteiger partial charge in [0.25, 0.3) is 0 Å². The fraction of sp³-hybridized carbons (Fsp3) is 0.632. The van der Waals surface area contributed by atoms with Crippen LogP contribution in [0.4, 0.5) is 4.39 Å². The summed E-state index contributed by atoms with van der Waals surface area (Å²) in [5, 5.41) is 0. The van der Waals surface area contributed by atoms with Crippen molar-refractivity contribution in [2.75, 3.05) is 19.6 Å². The maximum atomic E-state index is 13.3. The van der Waals surface area contributed by atoms with Crippen LogP contribution in [0.25, 0.3) is 0 Å². The van der Waals surface area contributed by atoms with Gasteiger partial charge in [-0.05, 0) is 55.7 Å². The highest BCUT2D eigenvalue weighted by molar-refractivity contribution is 5.83. The number of nitrogens with zero attached hydrogens (tertiary/aromatic N) is 1. The molecule has 0 bridgehead atoms. The summed E-state index contributed by atoms with van der Waals surface area (Å²) in [7, 11) is 0. The quantitative estimate of drug-likeness (QED) is 0.873. The highest BCUT2D eigenvalue weighted by Gasteiger charge is 2.37. The molecule has 0 unspecified atom stereocenters. The number of piperidine rings is 1. The van der Waals surface area contributed by atoms with Crippen molar-refractivity contribution in [2.45, 2.75) is 46.0 Å². The van der Waals surface area contributed by atoms with Crippen molar-refractivity contribution in [1.29, 1.82) is 0 Å². The van der Waals surface area contributed by atoms with E-state index in [4.69, 9.17) is 5.73 Å². The maximum absolute atomic E-state index is 13.3. The molecule has 0 radical (unpaired) electrons. The maximum Gasteiger partial charge on any atom is 0.230 e. The molecular formula is C19H29FN2O. The van der Waals surface area contributed by atoms with Crippen molar-refractivity contribution < 1.29 is 9.18 Å². The summed E-state index contributed by atoms with van der Waals surface area (Å²) in [6.45, 7) is 6.10. The third kappa shape index (κ3) is 4.11. The van der Waals surface area contributed by atoms with Crippen molar-refractivity contribution in [3.8, 4) is 0 Å². The molecule has 3 nitrogen and oxygen atoms in total. The Morgan fingerprint density at radius 2 is 1.96 bits per heavy atom. The lowest BCUT2D eigenvalue weighted by Gasteiger charge is -2.39. The van der Waals surface area contributed by atoms with E-state index in [-0.39, 0.29) is 11.7 Å². The molecule has 2 N–H and O–H groups in total. The molecule has 0 saturated carbocycles. The van der Waals surface area contributed by atoms with Gasteiger partial charge in [-0.3, -0.25) is 4.79 Å². The average Bonchev–Trinajstić information content (AvgIpc) is 2.57. The molecule has 1 aromatic rings. The molecule has 2 rings (SSSR count). The Morgan fingerprint density at radius 1 is 1.30 bits per heavy atom. The minimum Gasteiger partial charge on any atom is -0.342 e. The number of carbonyl (C=O) groups is 1. The Labute approximate surface area is 139 Å². The highest BCUT2D eigenvalue weighted by atomic mass is 19.1. The molecule has 0 atom stereocenters. The summed E-state index contributed by atoms with van der Waals surface area (Å²) in [5.74, 6) is 0.569. The van der Waals surface area contributed by atoms with E-state index < -0.39 is 5.41 Å². The molecule has 1 heterocycles. The Balaban J connectivity index is 1.92. The van der Waals surface area contributed by atoms with Gasteiger partial charge < -0.3 is 10.6 Å². The van der Waals surface area contributed by atoms with Gasteiger partial charge in [0.2, 0.25) is 5.91 Å². The predicted molar refractivity (Wildman–Crippen MR) is 91.5 cm³/mol. The van der Waals surface area contributed by atoms with Gasteiger partial charge in [0, 0.05) is 19.6 Å². The molecule has 128 valence electrons. The van der Waals surface area contributed by atoms with Gasteiger partial charge in [-0.2, -0.15) is 0 Å². The molecule has 1 saturated heterocycles. The second kappa shape index (κ2) is 7.91. The number of benzene rings is 1. The Hall–Kier alpha value is -1.42. The van der Waals surface area contributed by atoms with Crippen molar-refractivity contribution in [3.63, 3.8) is 0 Å².